The van der Waals surface area contributed by atoms with Gasteiger partial charge >= 0.3 is 0 Å². The number of amides is 1. The largest absolute Gasteiger partial charge is 0.490 e. The summed E-state index contributed by atoms with van der Waals surface area (Å²) in [7, 11) is 0. The summed E-state index contributed by atoms with van der Waals surface area (Å²) >= 11 is 0. The number of benzene rings is 2. The van der Waals surface area contributed by atoms with Crippen molar-refractivity contribution in [3.8, 4) is 11.5 Å². The van der Waals surface area contributed by atoms with E-state index >= 15 is 0 Å². The smallest absolute Gasteiger partial charge is 0.227 e. The number of carbonyl (C=O) groups is 1. The van der Waals surface area contributed by atoms with E-state index in [2.05, 4.69) is 13.0 Å². The van der Waals surface area contributed by atoms with Gasteiger partial charge in [-0.25, -0.2) is 4.39 Å². The van der Waals surface area contributed by atoms with E-state index in [-0.39, 0.29) is 29.5 Å². The van der Waals surface area contributed by atoms with E-state index < -0.39 is 0 Å². The summed E-state index contributed by atoms with van der Waals surface area (Å²) < 4.78 is 25.1. The van der Waals surface area contributed by atoms with Crippen molar-refractivity contribution in [3.63, 3.8) is 0 Å². The SMILES string of the molecule is C[C@H]1Cc2cc(CC(=O)N3CCC[C@@H](COc4ccccc4F)C3)ccc2O1. The highest BCUT2D eigenvalue weighted by molar-refractivity contribution is 5.79. The number of halogens is 1. The van der Waals surface area contributed by atoms with Gasteiger partial charge in [0.15, 0.2) is 11.6 Å². The number of hydrogen-bond acceptors (Lipinski definition) is 3. The summed E-state index contributed by atoms with van der Waals surface area (Å²) in [5.41, 5.74) is 2.22. The zero-order valence-corrected chi connectivity index (χ0v) is 16.2. The fraction of sp³-hybridized carbons (Fsp3) is 0.435. The molecule has 2 heterocycles. The molecule has 2 aliphatic rings. The number of fused-ring (bicyclic) bond motifs is 1. The van der Waals surface area contributed by atoms with Gasteiger partial charge in [-0.2, -0.15) is 0 Å². The maximum atomic E-state index is 13.7. The van der Waals surface area contributed by atoms with Gasteiger partial charge in [0.25, 0.3) is 0 Å². The minimum absolute atomic E-state index is 0.141. The first-order chi connectivity index (χ1) is 13.6. The zero-order valence-electron chi connectivity index (χ0n) is 16.2. The molecule has 4 nitrogen and oxygen atoms in total. The zero-order chi connectivity index (χ0) is 19.5. The Bertz CT molecular complexity index is 853. The van der Waals surface area contributed by atoms with E-state index in [0.717, 1.165) is 37.1 Å². The number of likely N-dealkylation sites (tertiary alicyclic amines) is 1. The molecule has 0 aromatic heterocycles. The summed E-state index contributed by atoms with van der Waals surface area (Å²) in [6, 6.07) is 12.5. The van der Waals surface area contributed by atoms with Crippen LogP contribution in [0.15, 0.2) is 42.5 Å². The van der Waals surface area contributed by atoms with Crippen LogP contribution < -0.4 is 9.47 Å². The van der Waals surface area contributed by atoms with Crippen LogP contribution in [0.4, 0.5) is 4.39 Å². The lowest BCUT2D eigenvalue weighted by Gasteiger charge is -2.32. The first-order valence-electron chi connectivity index (χ1n) is 10.0. The Morgan fingerprint density at radius 2 is 2.14 bits per heavy atom. The number of carbonyl (C=O) groups excluding carboxylic acids is 1. The highest BCUT2D eigenvalue weighted by Crippen LogP contribution is 2.30. The molecule has 0 spiro atoms. The number of hydrogen-bond donors (Lipinski definition) is 0. The second-order valence-corrected chi connectivity index (χ2v) is 7.84. The molecule has 2 aliphatic heterocycles. The Hall–Kier alpha value is -2.56. The number of ether oxygens (including phenoxy) is 2. The molecule has 1 fully saturated rings. The molecule has 4 rings (SSSR count). The summed E-state index contributed by atoms with van der Waals surface area (Å²) in [4.78, 5) is 14.7. The Labute approximate surface area is 165 Å². The van der Waals surface area contributed by atoms with Crippen molar-refractivity contribution in [2.24, 2.45) is 5.92 Å². The molecule has 1 amide bonds. The van der Waals surface area contributed by atoms with Crippen molar-refractivity contribution in [1.29, 1.82) is 0 Å². The van der Waals surface area contributed by atoms with E-state index in [4.69, 9.17) is 9.47 Å². The molecule has 2 atom stereocenters. The fourth-order valence-corrected chi connectivity index (χ4v) is 4.07. The molecule has 0 bridgehead atoms. The van der Waals surface area contributed by atoms with Gasteiger partial charge in [0.05, 0.1) is 13.0 Å². The first-order valence-corrected chi connectivity index (χ1v) is 10.0. The molecule has 0 aliphatic carbocycles. The minimum atomic E-state index is -0.346. The quantitative estimate of drug-likeness (QED) is 0.783. The second kappa shape index (κ2) is 8.21. The molecule has 0 unspecified atom stereocenters. The first kappa shape index (κ1) is 18.8. The van der Waals surface area contributed by atoms with Gasteiger partial charge in [-0.05, 0) is 49.1 Å². The summed E-state index contributed by atoms with van der Waals surface area (Å²) in [6.07, 6.45) is 3.45. The van der Waals surface area contributed by atoms with E-state index in [1.54, 1.807) is 18.2 Å². The van der Waals surface area contributed by atoms with Crippen LogP contribution in [0.25, 0.3) is 0 Å². The van der Waals surface area contributed by atoms with E-state index in [0.29, 0.717) is 19.6 Å². The normalized spacial score (nSPS) is 21.1. The third-order valence-corrected chi connectivity index (χ3v) is 5.50. The van der Waals surface area contributed by atoms with Gasteiger partial charge in [0, 0.05) is 25.4 Å². The van der Waals surface area contributed by atoms with Gasteiger partial charge < -0.3 is 14.4 Å². The second-order valence-electron chi connectivity index (χ2n) is 7.84. The summed E-state index contributed by atoms with van der Waals surface area (Å²) in [6.45, 7) is 3.93. The summed E-state index contributed by atoms with van der Waals surface area (Å²) in [5, 5.41) is 0. The average molecular weight is 383 g/mol. The lowest BCUT2D eigenvalue weighted by molar-refractivity contribution is -0.132. The highest BCUT2D eigenvalue weighted by Gasteiger charge is 2.25. The van der Waals surface area contributed by atoms with Crippen LogP contribution in [-0.2, 0) is 17.6 Å². The van der Waals surface area contributed by atoms with Crippen LogP contribution in [0.2, 0.25) is 0 Å². The number of piperidine rings is 1. The van der Waals surface area contributed by atoms with Crippen molar-refractivity contribution < 1.29 is 18.7 Å². The Morgan fingerprint density at radius 3 is 3.00 bits per heavy atom. The molecular weight excluding hydrogens is 357 g/mol. The molecule has 148 valence electrons. The van der Waals surface area contributed by atoms with E-state index in [9.17, 15) is 9.18 Å². The minimum Gasteiger partial charge on any atom is -0.490 e. The Morgan fingerprint density at radius 1 is 1.29 bits per heavy atom. The van der Waals surface area contributed by atoms with Crippen LogP contribution in [-0.4, -0.2) is 36.6 Å². The standard InChI is InChI=1S/C23H26FNO3/c1-16-11-19-12-17(8-9-21(19)28-16)13-23(26)25-10-4-5-18(14-25)15-27-22-7-3-2-6-20(22)24/h2-3,6-9,12,16,18H,4-5,10-11,13-15H2,1H3/t16-,18+/m0/s1. The number of para-hydroxylation sites is 1. The molecule has 2 aromatic rings. The fourth-order valence-electron chi connectivity index (χ4n) is 4.07. The van der Waals surface area contributed by atoms with Crippen molar-refractivity contribution in [1.82, 2.24) is 4.90 Å². The lowest BCUT2D eigenvalue weighted by atomic mass is 9.98. The van der Waals surface area contributed by atoms with Crippen LogP contribution in [0.5, 0.6) is 11.5 Å². The average Bonchev–Trinajstić information content (AvgIpc) is 3.07. The third kappa shape index (κ3) is 4.29. The van der Waals surface area contributed by atoms with Crippen molar-refractivity contribution in [2.45, 2.75) is 38.7 Å². The molecule has 0 saturated carbocycles. The molecule has 5 heteroatoms. The van der Waals surface area contributed by atoms with Crippen LogP contribution in [0, 0.1) is 11.7 Å². The van der Waals surface area contributed by atoms with E-state index in [1.165, 1.54) is 11.6 Å². The van der Waals surface area contributed by atoms with Gasteiger partial charge in [-0.15, -0.1) is 0 Å². The topological polar surface area (TPSA) is 38.8 Å². The van der Waals surface area contributed by atoms with Gasteiger partial charge in [-0.1, -0.05) is 24.3 Å². The maximum Gasteiger partial charge on any atom is 0.227 e. The molecule has 2 aromatic carbocycles. The van der Waals surface area contributed by atoms with Gasteiger partial charge in [0.1, 0.15) is 11.9 Å². The third-order valence-electron chi connectivity index (χ3n) is 5.50. The molecule has 1 saturated heterocycles. The molecule has 28 heavy (non-hydrogen) atoms. The van der Waals surface area contributed by atoms with Crippen molar-refractivity contribution in [3.05, 3.63) is 59.4 Å². The Kier molecular flexibility index (Phi) is 5.51. The van der Waals surface area contributed by atoms with Crippen molar-refractivity contribution in [2.75, 3.05) is 19.7 Å². The van der Waals surface area contributed by atoms with Gasteiger partial charge in [-0.3, -0.25) is 4.79 Å². The van der Waals surface area contributed by atoms with E-state index in [1.807, 2.05) is 17.0 Å². The highest BCUT2D eigenvalue weighted by atomic mass is 19.1. The molecular formula is C23H26FNO3. The Balaban J connectivity index is 1.32. The molecule has 0 N–H and O–H groups in total. The number of rotatable bonds is 5. The summed E-state index contributed by atoms with van der Waals surface area (Å²) in [5.74, 6) is 1.24. The number of nitrogens with zero attached hydrogens (tertiary/aromatic N) is 1. The lowest BCUT2D eigenvalue weighted by Crippen LogP contribution is -2.42. The van der Waals surface area contributed by atoms with Crippen LogP contribution in [0.1, 0.15) is 30.9 Å². The van der Waals surface area contributed by atoms with Crippen LogP contribution in [0.3, 0.4) is 0 Å². The maximum absolute atomic E-state index is 13.7. The predicted molar refractivity (Wildman–Crippen MR) is 105 cm³/mol. The molecule has 0 radical (unpaired) electrons. The van der Waals surface area contributed by atoms with Gasteiger partial charge in [0.2, 0.25) is 5.91 Å². The monoisotopic (exact) mass is 383 g/mol. The van der Waals surface area contributed by atoms with Crippen LogP contribution >= 0.6 is 0 Å². The van der Waals surface area contributed by atoms with Crippen molar-refractivity contribution >= 4 is 5.91 Å². The predicted octanol–water partition coefficient (Wildman–Crippen LogP) is 4.01.